The van der Waals surface area contributed by atoms with Gasteiger partial charge in [0.15, 0.2) is 0 Å². The Kier molecular flexibility index (Phi) is 3.89. The topological polar surface area (TPSA) is 71.1 Å². The first-order valence-electron chi connectivity index (χ1n) is 5.89. The van der Waals surface area contributed by atoms with Gasteiger partial charge >= 0.3 is 0 Å². The highest BCUT2D eigenvalue weighted by molar-refractivity contribution is 5.74. The first-order valence-corrected chi connectivity index (χ1v) is 5.89. The van der Waals surface area contributed by atoms with Crippen molar-refractivity contribution in [2.45, 2.75) is 6.42 Å². The van der Waals surface area contributed by atoms with Crippen LogP contribution in [0.4, 0.5) is 17.1 Å². The van der Waals surface area contributed by atoms with Crippen molar-refractivity contribution >= 4 is 17.1 Å². The Labute approximate surface area is 112 Å². The first-order chi connectivity index (χ1) is 9.22. The van der Waals surface area contributed by atoms with E-state index in [1.165, 1.54) is 0 Å². The van der Waals surface area contributed by atoms with Crippen LogP contribution in [0, 0.1) is 11.3 Å². The van der Waals surface area contributed by atoms with E-state index in [9.17, 15) is 0 Å². The van der Waals surface area contributed by atoms with Crippen LogP contribution in [-0.2, 0) is 6.42 Å². The lowest BCUT2D eigenvalue weighted by Gasteiger charge is -2.11. The average molecular weight is 253 g/mol. The minimum absolute atomic E-state index is 0.418. The summed E-state index contributed by atoms with van der Waals surface area (Å²) >= 11 is 0. The van der Waals surface area contributed by atoms with Gasteiger partial charge in [0.1, 0.15) is 5.75 Å². The first kappa shape index (κ1) is 12.8. The standard InChI is InChI=1S/C15H15N3O/c1-19-13-6-7-14(17)15(10-13)18-12-4-2-11(3-5-12)8-9-16/h2-7,10,18H,8,17H2,1H3. The monoisotopic (exact) mass is 253 g/mol. The zero-order valence-corrected chi connectivity index (χ0v) is 10.7. The van der Waals surface area contributed by atoms with E-state index in [1.54, 1.807) is 13.2 Å². The van der Waals surface area contributed by atoms with Gasteiger partial charge in [-0.2, -0.15) is 5.26 Å². The Morgan fingerprint density at radius 3 is 2.58 bits per heavy atom. The number of ether oxygens (including phenoxy) is 1. The molecule has 0 aliphatic heterocycles. The largest absolute Gasteiger partial charge is 0.497 e. The van der Waals surface area contributed by atoms with Crippen LogP contribution >= 0.6 is 0 Å². The SMILES string of the molecule is COc1ccc(N)c(Nc2ccc(CC#N)cc2)c1. The molecule has 3 N–H and O–H groups in total. The third kappa shape index (κ3) is 3.17. The van der Waals surface area contributed by atoms with E-state index in [0.717, 1.165) is 22.7 Å². The molecule has 2 aromatic rings. The predicted octanol–water partition coefficient (Wildman–Crippen LogP) is 3.09. The Morgan fingerprint density at radius 1 is 1.21 bits per heavy atom. The molecule has 0 unspecified atom stereocenters. The fourth-order valence-corrected chi connectivity index (χ4v) is 1.72. The number of anilines is 3. The quantitative estimate of drug-likeness (QED) is 0.821. The molecule has 0 fully saturated rings. The molecule has 4 nitrogen and oxygen atoms in total. The predicted molar refractivity (Wildman–Crippen MR) is 76.4 cm³/mol. The average Bonchev–Trinajstić information content (AvgIpc) is 2.44. The van der Waals surface area contributed by atoms with Crippen LogP contribution in [0.5, 0.6) is 5.75 Å². The van der Waals surface area contributed by atoms with Gasteiger partial charge in [-0.3, -0.25) is 0 Å². The maximum atomic E-state index is 8.62. The summed E-state index contributed by atoms with van der Waals surface area (Å²) in [6, 6.07) is 15.3. The Bertz CT molecular complexity index is 600. The van der Waals surface area contributed by atoms with Gasteiger partial charge in [0.25, 0.3) is 0 Å². The summed E-state index contributed by atoms with van der Waals surface area (Å²) < 4.78 is 5.17. The molecule has 0 atom stereocenters. The molecule has 0 heterocycles. The molecule has 0 aliphatic carbocycles. The molecular weight excluding hydrogens is 238 g/mol. The van der Waals surface area contributed by atoms with Gasteiger partial charge in [0.2, 0.25) is 0 Å². The smallest absolute Gasteiger partial charge is 0.121 e. The van der Waals surface area contributed by atoms with Crippen molar-refractivity contribution in [1.29, 1.82) is 5.26 Å². The van der Waals surface area contributed by atoms with Crippen LogP contribution in [0.15, 0.2) is 42.5 Å². The van der Waals surface area contributed by atoms with Gasteiger partial charge in [0, 0.05) is 11.8 Å². The van der Waals surface area contributed by atoms with Crippen LogP contribution in [0.1, 0.15) is 5.56 Å². The molecule has 0 spiro atoms. The molecular formula is C15H15N3O. The number of nitriles is 1. The molecule has 19 heavy (non-hydrogen) atoms. The second-order valence-corrected chi connectivity index (χ2v) is 4.11. The number of hydrogen-bond donors (Lipinski definition) is 2. The summed E-state index contributed by atoms with van der Waals surface area (Å²) in [6.07, 6.45) is 0.418. The van der Waals surface area contributed by atoms with E-state index in [-0.39, 0.29) is 0 Å². The number of nitrogen functional groups attached to an aromatic ring is 1. The molecule has 0 aromatic heterocycles. The summed E-state index contributed by atoms with van der Waals surface area (Å²) in [6.45, 7) is 0. The summed E-state index contributed by atoms with van der Waals surface area (Å²) in [5.41, 5.74) is 9.27. The number of methoxy groups -OCH3 is 1. The molecule has 0 radical (unpaired) electrons. The lowest BCUT2D eigenvalue weighted by molar-refractivity contribution is 0.415. The Hall–Kier alpha value is -2.67. The van der Waals surface area contributed by atoms with Crippen LogP contribution in [-0.4, -0.2) is 7.11 Å². The molecule has 2 rings (SSSR count). The van der Waals surface area contributed by atoms with Gasteiger partial charge in [-0.1, -0.05) is 12.1 Å². The van der Waals surface area contributed by atoms with Crippen molar-refractivity contribution in [3.8, 4) is 11.8 Å². The molecule has 0 amide bonds. The van der Waals surface area contributed by atoms with E-state index < -0.39 is 0 Å². The summed E-state index contributed by atoms with van der Waals surface area (Å²) in [5, 5.41) is 11.9. The minimum Gasteiger partial charge on any atom is -0.497 e. The maximum Gasteiger partial charge on any atom is 0.121 e. The van der Waals surface area contributed by atoms with E-state index in [2.05, 4.69) is 11.4 Å². The number of nitrogens with one attached hydrogen (secondary N) is 1. The number of hydrogen-bond acceptors (Lipinski definition) is 4. The zero-order valence-electron chi connectivity index (χ0n) is 10.7. The second kappa shape index (κ2) is 5.78. The highest BCUT2D eigenvalue weighted by Gasteiger charge is 2.02. The van der Waals surface area contributed by atoms with Crippen LogP contribution in [0.25, 0.3) is 0 Å². The van der Waals surface area contributed by atoms with Crippen molar-refractivity contribution < 1.29 is 4.74 Å². The van der Waals surface area contributed by atoms with Gasteiger partial charge < -0.3 is 15.8 Å². The van der Waals surface area contributed by atoms with Crippen molar-refractivity contribution in [3.63, 3.8) is 0 Å². The van der Waals surface area contributed by atoms with E-state index in [1.807, 2.05) is 36.4 Å². The fraction of sp³-hybridized carbons (Fsp3) is 0.133. The Morgan fingerprint density at radius 2 is 1.95 bits per heavy atom. The molecule has 4 heteroatoms. The van der Waals surface area contributed by atoms with E-state index >= 15 is 0 Å². The van der Waals surface area contributed by atoms with Gasteiger partial charge in [-0.05, 0) is 29.8 Å². The molecule has 0 bridgehead atoms. The van der Waals surface area contributed by atoms with E-state index in [0.29, 0.717) is 12.1 Å². The van der Waals surface area contributed by atoms with Crippen LogP contribution < -0.4 is 15.8 Å². The van der Waals surface area contributed by atoms with Crippen molar-refractivity contribution in [2.75, 3.05) is 18.2 Å². The van der Waals surface area contributed by atoms with Gasteiger partial charge in [-0.15, -0.1) is 0 Å². The van der Waals surface area contributed by atoms with Crippen molar-refractivity contribution in [2.24, 2.45) is 0 Å². The third-order valence-corrected chi connectivity index (χ3v) is 2.78. The molecule has 96 valence electrons. The highest BCUT2D eigenvalue weighted by atomic mass is 16.5. The summed E-state index contributed by atoms with van der Waals surface area (Å²) in [5.74, 6) is 0.748. The number of benzene rings is 2. The van der Waals surface area contributed by atoms with Crippen LogP contribution in [0.2, 0.25) is 0 Å². The van der Waals surface area contributed by atoms with Gasteiger partial charge in [0.05, 0.1) is 31.0 Å². The molecule has 0 saturated heterocycles. The lowest BCUT2D eigenvalue weighted by atomic mass is 10.1. The Balaban J connectivity index is 2.19. The third-order valence-electron chi connectivity index (χ3n) is 2.78. The number of rotatable bonds is 4. The highest BCUT2D eigenvalue weighted by Crippen LogP contribution is 2.27. The number of nitrogens with two attached hydrogens (primary N) is 1. The zero-order chi connectivity index (χ0) is 13.7. The van der Waals surface area contributed by atoms with E-state index in [4.69, 9.17) is 15.7 Å². The summed E-state index contributed by atoms with van der Waals surface area (Å²) in [4.78, 5) is 0. The summed E-state index contributed by atoms with van der Waals surface area (Å²) in [7, 11) is 1.62. The van der Waals surface area contributed by atoms with Crippen LogP contribution in [0.3, 0.4) is 0 Å². The normalized spacial score (nSPS) is 9.68. The lowest BCUT2D eigenvalue weighted by Crippen LogP contribution is -1.97. The second-order valence-electron chi connectivity index (χ2n) is 4.11. The molecule has 2 aromatic carbocycles. The van der Waals surface area contributed by atoms with Crippen molar-refractivity contribution in [1.82, 2.24) is 0 Å². The van der Waals surface area contributed by atoms with Gasteiger partial charge in [-0.25, -0.2) is 0 Å². The maximum absolute atomic E-state index is 8.62. The fourth-order valence-electron chi connectivity index (χ4n) is 1.72. The van der Waals surface area contributed by atoms with Crippen molar-refractivity contribution in [3.05, 3.63) is 48.0 Å². The molecule has 0 saturated carbocycles. The molecule has 0 aliphatic rings. The minimum atomic E-state index is 0.418. The number of nitrogens with zero attached hydrogens (tertiary/aromatic N) is 1.